The molecule has 1 saturated heterocycles. The van der Waals surface area contributed by atoms with Crippen molar-refractivity contribution in [3.63, 3.8) is 0 Å². The van der Waals surface area contributed by atoms with Crippen LogP contribution in [0.2, 0.25) is 0 Å². The van der Waals surface area contributed by atoms with Gasteiger partial charge in [-0.1, -0.05) is 31.4 Å². The van der Waals surface area contributed by atoms with Gasteiger partial charge in [0.2, 0.25) is 5.91 Å². The maximum Gasteiger partial charge on any atom is 0.236 e. The van der Waals surface area contributed by atoms with Crippen LogP contribution in [0.5, 0.6) is 5.75 Å². The second kappa shape index (κ2) is 9.27. The van der Waals surface area contributed by atoms with Gasteiger partial charge >= 0.3 is 0 Å². The van der Waals surface area contributed by atoms with Crippen LogP contribution < -0.4 is 4.74 Å². The number of likely N-dealkylation sites (N-methyl/N-ethyl adjacent to an activating group) is 1. The van der Waals surface area contributed by atoms with Crippen LogP contribution in [-0.2, 0) is 21.2 Å². The number of nitrogens with zero attached hydrogens (tertiary/aromatic N) is 2. The zero-order valence-electron chi connectivity index (χ0n) is 17.0. The van der Waals surface area contributed by atoms with Gasteiger partial charge in [0, 0.05) is 25.7 Å². The van der Waals surface area contributed by atoms with E-state index in [1.165, 1.54) is 19.3 Å². The summed E-state index contributed by atoms with van der Waals surface area (Å²) in [7, 11) is 0.521. The quantitative estimate of drug-likeness (QED) is 0.693. The molecule has 28 heavy (non-hydrogen) atoms. The molecule has 3 rings (SSSR count). The Morgan fingerprint density at radius 3 is 2.32 bits per heavy atom. The molecule has 1 aliphatic carbocycles. The molecule has 0 N–H and O–H groups in total. The number of ether oxygens (including phenoxy) is 1. The Morgan fingerprint density at radius 2 is 1.75 bits per heavy atom. The highest BCUT2D eigenvalue weighted by molar-refractivity contribution is 7.91. The Labute approximate surface area is 168 Å². The normalized spacial score (nSPS) is 22.3. The minimum absolute atomic E-state index is 0.0877. The molecule has 0 bridgehead atoms. The third-order valence-corrected chi connectivity index (χ3v) is 7.87. The van der Waals surface area contributed by atoms with Gasteiger partial charge in [-0.25, -0.2) is 8.42 Å². The average molecular weight is 409 g/mol. The second-order valence-corrected chi connectivity index (χ2v) is 10.3. The predicted octanol–water partition coefficient (Wildman–Crippen LogP) is 2.48. The molecule has 1 saturated carbocycles. The van der Waals surface area contributed by atoms with E-state index in [9.17, 15) is 13.2 Å². The van der Waals surface area contributed by atoms with Crippen LogP contribution >= 0.6 is 0 Å². The molecule has 7 heteroatoms. The van der Waals surface area contributed by atoms with Crippen LogP contribution in [0.25, 0.3) is 0 Å². The number of carbonyl (C=O) groups is 1. The topological polar surface area (TPSA) is 66.9 Å². The molecule has 1 amide bonds. The van der Waals surface area contributed by atoms with Gasteiger partial charge in [0.15, 0.2) is 9.84 Å². The van der Waals surface area contributed by atoms with E-state index in [1.54, 1.807) is 7.11 Å². The summed E-state index contributed by atoms with van der Waals surface area (Å²) < 4.78 is 29.2. The van der Waals surface area contributed by atoms with Crippen molar-refractivity contribution >= 4 is 15.7 Å². The summed E-state index contributed by atoms with van der Waals surface area (Å²) in [5.74, 6) is 1.23. The van der Waals surface area contributed by atoms with Gasteiger partial charge in [0.05, 0.1) is 25.2 Å². The Balaban J connectivity index is 1.70. The van der Waals surface area contributed by atoms with Gasteiger partial charge in [-0.3, -0.25) is 9.69 Å². The number of hydrogen-bond acceptors (Lipinski definition) is 5. The first-order valence-electron chi connectivity index (χ1n) is 10.2. The molecule has 1 unspecified atom stereocenters. The molecule has 1 heterocycles. The molecule has 0 radical (unpaired) electrons. The number of sulfone groups is 1. The van der Waals surface area contributed by atoms with Crippen molar-refractivity contribution in [2.24, 2.45) is 0 Å². The van der Waals surface area contributed by atoms with E-state index in [-0.39, 0.29) is 30.0 Å². The molecule has 1 aromatic carbocycles. The first-order valence-corrected chi connectivity index (χ1v) is 12.0. The Hall–Kier alpha value is -1.60. The third-order valence-electron chi connectivity index (χ3n) is 6.12. The van der Waals surface area contributed by atoms with E-state index in [0.29, 0.717) is 19.0 Å². The Kier molecular flexibility index (Phi) is 6.99. The maximum absolute atomic E-state index is 13.0. The van der Waals surface area contributed by atoms with E-state index in [2.05, 4.69) is 0 Å². The minimum Gasteiger partial charge on any atom is -0.497 e. The lowest BCUT2D eigenvalue weighted by atomic mass is 9.94. The first kappa shape index (κ1) is 21.1. The lowest BCUT2D eigenvalue weighted by molar-refractivity contribution is -0.134. The number of rotatable bonds is 7. The van der Waals surface area contributed by atoms with Crippen LogP contribution in [-0.4, -0.2) is 68.4 Å². The Morgan fingerprint density at radius 1 is 1.07 bits per heavy atom. The predicted molar refractivity (Wildman–Crippen MR) is 110 cm³/mol. The zero-order chi connectivity index (χ0) is 20.1. The van der Waals surface area contributed by atoms with Gasteiger partial charge in [0.25, 0.3) is 0 Å². The van der Waals surface area contributed by atoms with E-state index in [4.69, 9.17) is 4.74 Å². The van der Waals surface area contributed by atoms with Gasteiger partial charge in [-0.05, 0) is 37.0 Å². The smallest absolute Gasteiger partial charge is 0.236 e. The summed E-state index contributed by atoms with van der Waals surface area (Å²) in [6.45, 7) is 0.827. The molecule has 1 aromatic rings. The van der Waals surface area contributed by atoms with Crippen LogP contribution in [0.4, 0.5) is 0 Å². The van der Waals surface area contributed by atoms with Gasteiger partial charge in [-0.15, -0.1) is 0 Å². The average Bonchev–Trinajstić information content (AvgIpc) is 3.07. The zero-order valence-corrected chi connectivity index (χ0v) is 17.8. The first-order chi connectivity index (χ1) is 13.4. The summed E-state index contributed by atoms with van der Waals surface area (Å²) in [5.41, 5.74) is 1.05. The molecule has 1 aliphatic heterocycles. The van der Waals surface area contributed by atoms with Crippen molar-refractivity contribution in [3.05, 3.63) is 29.8 Å². The molecule has 156 valence electrons. The van der Waals surface area contributed by atoms with Gasteiger partial charge in [-0.2, -0.15) is 0 Å². The summed E-state index contributed by atoms with van der Waals surface area (Å²) in [4.78, 5) is 16.9. The fraction of sp³-hybridized carbons (Fsp3) is 0.667. The van der Waals surface area contributed by atoms with Crippen molar-refractivity contribution in [2.45, 2.75) is 57.2 Å². The third kappa shape index (κ3) is 5.47. The standard InChI is InChI=1S/C21H32N2O4S/c1-22(18-6-4-3-5-7-18)21(24)15-23(19-12-13-28(25,26)16-19)14-17-8-10-20(27-2)11-9-17/h8-11,18-19H,3-7,12-16H2,1-2H3. The minimum atomic E-state index is -3.01. The van der Waals surface area contributed by atoms with Crippen molar-refractivity contribution in [3.8, 4) is 5.75 Å². The molecule has 1 atom stereocenters. The molecule has 6 nitrogen and oxygen atoms in total. The monoisotopic (exact) mass is 408 g/mol. The van der Waals surface area contributed by atoms with Crippen molar-refractivity contribution in [1.29, 1.82) is 0 Å². The van der Waals surface area contributed by atoms with Crippen molar-refractivity contribution < 1.29 is 17.9 Å². The summed E-state index contributed by atoms with van der Waals surface area (Å²) in [5, 5.41) is 0. The highest BCUT2D eigenvalue weighted by Gasteiger charge is 2.34. The van der Waals surface area contributed by atoms with Crippen LogP contribution in [0, 0.1) is 0 Å². The highest BCUT2D eigenvalue weighted by atomic mass is 32.2. The van der Waals surface area contributed by atoms with E-state index >= 15 is 0 Å². The second-order valence-electron chi connectivity index (χ2n) is 8.11. The Bertz CT molecular complexity index is 757. The van der Waals surface area contributed by atoms with Crippen molar-refractivity contribution in [2.75, 3.05) is 32.2 Å². The summed E-state index contributed by atoms with van der Waals surface area (Å²) >= 11 is 0. The van der Waals surface area contributed by atoms with Gasteiger partial charge < -0.3 is 9.64 Å². The van der Waals surface area contributed by atoms with Gasteiger partial charge in [0.1, 0.15) is 5.75 Å². The van der Waals surface area contributed by atoms with E-state index in [0.717, 1.165) is 24.2 Å². The number of benzene rings is 1. The molecular weight excluding hydrogens is 376 g/mol. The largest absolute Gasteiger partial charge is 0.497 e. The van der Waals surface area contributed by atoms with E-state index < -0.39 is 9.84 Å². The maximum atomic E-state index is 13.0. The van der Waals surface area contributed by atoms with Crippen LogP contribution in [0.3, 0.4) is 0 Å². The lowest BCUT2D eigenvalue weighted by Gasteiger charge is -2.34. The molecule has 0 aromatic heterocycles. The van der Waals surface area contributed by atoms with Crippen LogP contribution in [0.15, 0.2) is 24.3 Å². The highest BCUT2D eigenvalue weighted by Crippen LogP contribution is 2.24. The molecular formula is C21H32N2O4S. The molecule has 2 aliphatic rings. The molecule has 0 spiro atoms. The fourth-order valence-electron chi connectivity index (χ4n) is 4.30. The molecule has 2 fully saturated rings. The number of hydrogen-bond donors (Lipinski definition) is 0. The number of methoxy groups -OCH3 is 1. The van der Waals surface area contributed by atoms with E-state index in [1.807, 2.05) is 41.1 Å². The van der Waals surface area contributed by atoms with Crippen molar-refractivity contribution in [1.82, 2.24) is 9.80 Å². The number of amides is 1. The van der Waals surface area contributed by atoms with Crippen LogP contribution in [0.1, 0.15) is 44.1 Å². The lowest BCUT2D eigenvalue weighted by Crippen LogP contribution is -2.47. The summed E-state index contributed by atoms with van der Waals surface area (Å²) in [6.07, 6.45) is 6.34. The summed E-state index contributed by atoms with van der Waals surface area (Å²) in [6, 6.07) is 7.96. The SMILES string of the molecule is COc1ccc(CN(CC(=O)N(C)C2CCCCC2)C2CCS(=O)(=O)C2)cc1. The fourth-order valence-corrected chi connectivity index (χ4v) is 6.06. The number of carbonyl (C=O) groups excluding carboxylic acids is 1.